The van der Waals surface area contributed by atoms with E-state index in [-0.39, 0.29) is 0 Å². The Morgan fingerprint density at radius 2 is 2.19 bits per heavy atom. The fraction of sp³-hybridized carbons (Fsp3) is 0.222. The zero-order chi connectivity index (χ0) is 18.7. The third-order valence-corrected chi connectivity index (χ3v) is 5.39. The molecule has 2 heterocycles. The average Bonchev–Trinajstić information content (AvgIpc) is 2.92. The lowest BCUT2D eigenvalue weighted by Gasteiger charge is -2.08. The van der Waals surface area contributed by atoms with E-state index in [1.165, 1.54) is 0 Å². The highest BCUT2D eigenvalue weighted by Crippen LogP contribution is 2.33. The van der Waals surface area contributed by atoms with E-state index >= 15 is 0 Å². The van der Waals surface area contributed by atoms with Crippen LogP contribution in [0.1, 0.15) is 11.1 Å². The summed E-state index contributed by atoms with van der Waals surface area (Å²) in [6.07, 6.45) is 3.43. The number of aryl methyl sites for hydroxylation is 1. The molecule has 26 heavy (non-hydrogen) atoms. The van der Waals surface area contributed by atoms with Crippen LogP contribution in [0.15, 0.2) is 36.7 Å². The molecule has 1 atom stereocenters. The van der Waals surface area contributed by atoms with Gasteiger partial charge in [-0.25, -0.2) is 8.93 Å². The normalized spacial score (nSPS) is 12.2. The Hall–Kier alpha value is -2.24. The number of pyridine rings is 1. The van der Waals surface area contributed by atoms with Gasteiger partial charge in [-0.1, -0.05) is 11.6 Å². The lowest BCUT2D eigenvalue weighted by Crippen LogP contribution is -2.23. The number of benzene rings is 1. The van der Waals surface area contributed by atoms with Gasteiger partial charge in [-0.05, 0) is 29.8 Å². The van der Waals surface area contributed by atoms with E-state index in [4.69, 9.17) is 17.3 Å². The number of nitriles is 1. The molecule has 134 valence electrons. The van der Waals surface area contributed by atoms with E-state index in [1.807, 2.05) is 29.8 Å². The third-order valence-electron chi connectivity index (χ3n) is 4.08. The molecule has 3 N–H and O–H groups in total. The monoisotopic (exact) mass is 387 g/mol. The molecule has 0 aliphatic rings. The Balaban J connectivity index is 2.02. The van der Waals surface area contributed by atoms with Crippen molar-refractivity contribution < 1.29 is 4.21 Å². The number of fused-ring (bicyclic) bond motifs is 1. The van der Waals surface area contributed by atoms with Gasteiger partial charge in [0, 0.05) is 48.5 Å². The first-order chi connectivity index (χ1) is 12.5. The molecule has 0 saturated carbocycles. The summed E-state index contributed by atoms with van der Waals surface area (Å²) in [4.78, 5) is 4.28. The Labute approximate surface area is 159 Å². The summed E-state index contributed by atoms with van der Waals surface area (Å²) >= 11 is 6.11. The van der Waals surface area contributed by atoms with E-state index in [1.54, 1.807) is 18.5 Å². The summed E-state index contributed by atoms with van der Waals surface area (Å²) in [5.74, 6) is 0.398. The van der Waals surface area contributed by atoms with Gasteiger partial charge in [-0.15, -0.1) is 0 Å². The zero-order valence-electron chi connectivity index (χ0n) is 14.2. The molecule has 0 spiro atoms. The summed E-state index contributed by atoms with van der Waals surface area (Å²) < 4.78 is 16.6. The van der Waals surface area contributed by atoms with E-state index in [2.05, 4.69) is 15.8 Å². The first-order valence-corrected chi connectivity index (χ1v) is 9.69. The molecule has 2 aromatic heterocycles. The summed E-state index contributed by atoms with van der Waals surface area (Å²) in [6.45, 7) is 0.771. The van der Waals surface area contributed by atoms with Crippen molar-refractivity contribution in [3.63, 3.8) is 0 Å². The second-order valence-corrected chi connectivity index (χ2v) is 7.62. The number of nitrogens with two attached hydrogens (primary N) is 1. The van der Waals surface area contributed by atoms with E-state index in [9.17, 15) is 9.47 Å². The summed E-state index contributed by atoms with van der Waals surface area (Å²) in [6, 6.07) is 9.71. The number of hydrogen-bond acceptors (Lipinski definition) is 4. The molecule has 0 radical (unpaired) electrons. The maximum atomic E-state index is 11.7. The quantitative estimate of drug-likeness (QED) is 0.679. The Kier molecular flexibility index (Phi) is 5.69. The first-order valence-electron chi connectivity index (χ1n) is 7.99. The van der Waals surface area contributed by atoms with Crippen molar-refractivity contribution in [3.8, 4) is 17.3 Å². The van der Waals surface area contributed by atoms with Gasteiger partial charge in [0.1, 0.15) is 6.07 Å². The zero-order valence-corrected chi connectivity index (χ0v) is 15.8. The molecule has 3 rings (SSSR count). The molecule has 0 aliphatic heterocycles. The van der Waals surface area contributed by atoms with Crippen molar-refractivity contribution in [2.75, 3.05) is 12.3 Å². The Morgan fingerprint density at radius 1 is 1.38 bits per heavy atom. The summed E-state index contributed by atoms with van der Waals surface area (Å²) in [7, 11) is 0.727. The van der Waals surface area contributed by atoms with Gasteiger partial charge < -0.3 is 10.3 Å². The first kappa shape index (κ1) is 18.5. The number of nitrogens with zero attached hydrogens (tertiary/aromatic N) is 3. The number of halogens is 1. The van der Waals surface area contributed by atoms with Gasteiger partial charge in [-0.3, -0.25) is 4.98 Å². The smallest absolute Gasteiger partial charge is 0.102 e. The van der Waals surface area contributed by atoms with Crippen molar-refractivity contribution in [2.45, 2.75) is 6.54 Å². The highest BCUT2D eigenvalue weighted by molar-refractivity contribution is 7.83. The molecule has 1 unspecified atom stereocenters. The molecule has 0 fully saturated rings. The maximum absolute atomic E-state index is 11.7. The van der Waals surface area contributed by atoms with Gasteiger partial charge in [0.05, 0.1) is 33.5 Å². The molecular weight excluding hydrogens is 370 g/mol. The SMILES string of the molecule is Cn1c(-c2cncc(CNS(=O)CCN)c2)c(C#N)c2ccc(Cl)cc21. The third kappa shape index (κ3) is 3.64. The molecule has 0 bridgehead atoms. The molecule has 3 aromatic rings. The number of aromatic nitrogens is 2. The highest BCUT2D eigenvalue weighted by atomic mass is 35.5. The van der Waals surface area contributed by atoms with E-state index in [0.29, 0.717) is 29.4 Å². The fourth-order valence-electron chi connectivity index (χ4n) is 2.92. The number of rotatable bonds is 6. The van der Waals surface area contributed by atoms with Crippen LogP contribution in [0, 0.1) is 11.3 Å². The molecule has 1 aromatic carbocycles. The van der Waals surface area contributed by atoms with Crippen molar-refractivity contribution in [1.82, 2.24) is 14.3 Å². The minimum absolute atomic E-state index is 0.363. The average molecular weight is 388 g/mol. The molecule has 6 nitrogen and oxygen atoms in total. The second kappa shape index (κ2) is 7.98. The fourth-order valence-corrected chi connectivity index (χ4v) is 3.77. The van der Waals surface area contributed by atoms with Crippen LogP contribution in [0.5, 0.6) is 0 Å². The van der Waals surface area contributed by atoms with Crippen molar-refractivity contribution >= 4 is 33.5 Å². The van der Waals surface area contributed by atoms with Crippen LogP contribution >= 0.6 is 11.6 Å². The molecule has 0 aliphatic carbocycles. The maximum Gasteiger partial charge on any atom is 0.102 e. The number of hydrogen-bond donors (Lipinski definition) is 2. The topological polar surface area (TPSA) is 96.7 Å². The highest BCUT2D eigenvalue weighted by Gasteiger charge is 2.17. The molecular formula is C18H18ClN5OS. The largest absolute Gasteiger partial charge is 0.342 e. The predicted molar refractivity (Wildman–Crippen MR) is 105 cm³/mol. The summed E-state index contributed by atoms with van der Waals surface area (Å²) in [5.41, 5.74) is 9.35. The van der Waals surface area contributed by atoms with Gasteiger partial charge in [0.2, 0.25) is 0 Å². The van der Waals surface area contributed by atoms with Gasteiger partial charge >= 0.3 is 0 Å². The van der Waals surface area contributed by atoms with Crippen LogP contribution in [0.25, 0.3) is 22.2 Å². The van der Waals surface area contributed by atoms with E-state index in [0.717, 1.165) is 27.7 Å². The van der Waals surface area contributed by atoms with Crippen LogP contribution in [-0.2, 0) is 24.6 Å². The van der Waals surface area contributed by atoms with Crippen LogP contribution in [0.3, 0.4) is 0 Å². The second-order valence-electron chi connectivity index (χ2n) is 5.80. The minimum Gasteiger partial charge on any atom is -0.342 e. The predicted octanol–water partition coefficient (Wildman–Crippen LogP) is 2.48. The summed E-state index contributed by atoms with van der Waals surface area (Å²) in [5, 5.41) is 11.2. The lowest BCUT2D eigenvalue weighted by molar-refractivity contribution is 0.671. The van der Waals surface area contributed by atoms with Gasteiger partial charge in [0.25, 0.3) is 0 Å². The van der Waals surface area contributed by atoms with Crippen molar-refractivity contribution in [1.29, 1.82) is 5.26 Å². The van der Waals surface area contributed by atoms with Gasteiger partial charge in [0.15, 0.2) is 0 Å². The van der Waals surface area contributed by atoms with Crippen molar-refractivity contribution in [2.24, 2.45) is 12.8 Å². The Morgan fingerprint density at radius 3 is 2.92 bits per heavy atom. The van der Waals surface area contributed by atoms with Crippen LogP contribution in [-0.4, -0.2) is 26.1 Å². The van der Waals surface area contributed by atoms with E-state index < -0.39 is 11.0 Å². The standard InChI is InChI=1S/C18H18ClN5OS/c1-24-17-7-14(19)2-3-15(17)16(8-21)18(24)13-6-12(9-22-11-13)10-23-26(25)5-4-20/h2-3,6-7,9,11,23H,4-5,10,20H2,1H3. The Bertz CT molecular complexity index is 1020. The lowest BCUT2D eigenvalue weighted by atomic mass is 10.1. The molecule has 0 amide bonds. The van der Waals surface area contributed by atoms with Crippen molar-refractivity contribution in [3.05, 3.63) is 52.8 Å². The minimum atomic E-state index is -1.17. The van der Waals surface area contributed by atoms with Crippen LogP contribution in [0.4, 0.5) is 0 Å². The molecule has 0 saturated heterocycles. The number of nitrogens with one attached hydrogen (secondary N) is 1. The van der Waals surface area contributed by atoms with Crippen LogP contribution < -0.4 is 10.5 Å². The van der Waals surface area contributed by atoms with Crippen LogP contribution in [0.2, 0.25) is 5.02 Å². The molecule has 8 heteroatoms. The van der Waals surface area contributed by atoms with Gasteiger partial charge in [-0.2, -0.15) is 5.26 Å².